The van der Waals surface area contributed by atoms with Crippen LogP contribution in [0.4, 0.5) is 5.69 Å². The van der Waals surface area contributed by atoms with E-state index in [0.29, 0.717) is 6.04 Å². The van der Waals surface area contributed by atoms with Gasteiger partial charge in [0, 0.05) is 18.3 Å². The summed E-state index contributed by atoms with van der Waals surface area (Å²) in [5, 5.41) is 3.83. The SMILES string of the molecule is CC(C)C1CCCC(Nc2ccccc2CN(C)C)CC1. The third kappa shape index (κ3) is 5.03. The molecule has 1 saturated carbocycles. The maximum absolute atomic E-state index is 3.83. The fourth-order valence-corrected chi connectivity index (χ4v) is 3.50. The van der Waals surface area contributed by atoms with E-state index in [1.807, 2.05) is 0 Å². The molecule has 21 heavy (non-hydrogen) atoms. The molecule has 2 rings (SSSR count). The van der Waals surface area contributed by atoms with Crippen molar-refractivity contribution in [2.24, 2.45) is 11.8 Å². The molecule has 1 aliphatic rings. The Kier molecular flexibility index (Phi) is 6.10. The van der Waals surface area contributed by atoms with E-state index < -0.39 is 0 Å². The van der Waals surface area contributed by atoms with Gasteiger partial charge >= 0.3 is 0 Å². The molecule has 0 saturated heterocycles. The minimum Gasteiger partial charge on any atom is -0.382 e. The lowest BCUT2D eigenvalue weighted by molar-refractivity contribution is 0.341. The lowest BCUT2D eigenvalue weighted by Crippen LogP contribution is -2.21. The molecule has 0 amide bonds. The van der Waals surface area contributed by atoms with Crippen LogP contribution in [0.3, 0.4) is 0 Å². The summed E-state index contributed by atoms with van der Waals surface area (Å²) in [6.07, 6.45) is 6.80. The molecular weight excluding hydrogens is 256 g/mol. The fraction of sp³-hybridized carbons (Fsp3) is 0.684. The van der Waals surface area contributed by atoms with Crippen molar-refractivity contribution < 1.29 is 0 Å². The molecule has 0 spiro atoms. The summed E-state index contributed by atoms with van der Waals surface area (Å²) in [5.74, 6) is 1.76. The third-order valence-corrected chi connectivity index (χ3v) is 4.82. The Hall–Kier alpha value is -1.02. The van der Waals surface area contributed by atoms with Gasteiger partial charge < -0.3 is 10.2 Å². The highest BCUT2D eigenvalue weighted by molar-refractivity contribution is 5.51. The van der Waals surface area contributed by atoms with E-state index in [4.69, 9.17) is 0 Å². The van der Waals surface area contributed by atoms with Crippen LogP contribution in [0.1, 0.15) is 51.5 Å². The lowest BCUT2D eigenvalue weighted by atomic mass is 9.89. The molecule has 2 heteroatoms. The molecule has 1 N–H and O–H groups in total. The number of hydrogen-bond donors (Lipinski definition) is 1. The van der Waals surface area contributed by atoms with Crippen LogP contribution < -0.4 is 5.32 Å². The normalized spacial score (nSPS) is 23.3. The van der Waals surface area contributed by atoms with Gasteiger partial charge in [-0.3, -0.25) is 0 Å². The monoisotopic (exact) mass is 288 g/mol. The summed E-state index contributed by atoms with van der Waals surface area (Å²) in [4.78, 5) is 2.24. The zero-order chi connectivity index (χ0) is 15.2. The van der Waals surface area contributed by atoms with Gasteiger partial charge in [0.25, 0.3) is 0 Å². The minimum absolute atomic E-state index is 0.650. The largest absolute Gasteiger partial charge is 0.382 e. The summed E-state index contributed by atoms with van der Waals surface area (Å²) in [6, 6.07) is 9.43. The average Bonchev–Trinajstić information content (AvgIpc) is 2.66. The number of anilines is 1. The molecule has 1 fully saturated rings. The third-order valence-electron chi connectivity index (χ3n) is 4.82. The Morgan fingerprint density at radius 1 is 1.10 bits per heavy atom. The van der Waals surface area contributed by atoms with Gasteiger partial charge in [0.05, 0.1) is 0 Å². The second-order valence-electron chi connectivity index (χ2n) is 7.25. The van der Waals surface area contributed by atoms with Crippen molar-refractivity contribution in [3.8, 4) is 0 Å². The Labute approximate surface area is 130 Å². The van der Waals surface area contributed by atoms with Gasteiger partial charge in [-0.15, -0.1) is 0 Å². The molecule has 1 aromatic carbocycles. The average molecular weight is 288 g/mol. The highest BCUT2D eigenvalue weighted by Crippen LogP contribution is 2.30. The highest BCUT2D eigenvalue weighted by atomic mass is 15.1. The number of nitrogens with zero attached hydrogens (tertiary/aromatic N) is 1. The molecule has 0 bridgehead atoms. The van der Waals surface area contributed by atoms with Crippen molar-refractivity contribution in [3.63, 3.8) is 0 Å². The van der Waals surface area contributed by atoms with E-state index in [1.165, 1.54) is 43.4 Å². The first-order chi connectivity index (χ1) is 10.1. The molecule has 0 radical (unpaired) electrons. The Balaban J connectivity index is 1.98. The van der Waals surface area contributed by atoms with Gasteiger partial charge in [-0.1, -0.05) is 44.9 Å². The van der Waals surface area contributed by atoms with Crippen molar-refractivity contribution in [3.05, 3.63) is 29.8 Å². The van der Waals surface area contributed by atoms with Gasteiger partial charge in [0.2, 0.25) is 0 Å². The molecule has 2 unspecified atom stereocenters. The van der Waals surface area contributed by atoms with E-state index in [0.717, 1.165) is 18.4 Å². The molecule has 0 aliphatic heterocycles. The smallest absolute Gasteiger partial charge is 0.0388 e. The van der Waals surface area contributed by atoms with Crippen molar-refractivity contribution in [1.82, 2.24) is 4.90 Å². The zero-order valence-electron chi connectivity index (χ0n) is 14.2. The van der Waals surface area contributed by atoms with Crippen LogP contribution in [-0.4, -0.2) is 25.0 Å². The summed E-state index contributed by atoms with van der Waals surface area (Å²) in [7, 11) is 4.27. The lowest BCUT2D eigenvalue weighted by Gasteiger charge is -2.22. The fourth-order valence-electron chi connectivity index (χ4n) is 3.50. The van der Waals surface area contributed by atoms with Crippen LogP contribution in [-0.2, 0) is 6.54 Å². The predicted octanol–water partition coefficient (Wildman–Crippen LogP) is 4.77. The number of nitrogens with one attached hydrogen (secondary N) is 1. The number of benzene rings is 1. The quantitative estimate of drug-likeness (QED) is 0.785. The number of hydrogen-bond acceptors (Lipinski definition) is 2. The first-order valence-electron chi connectivity index (χ1n) is 8.55. The summed E-state index contributed by atoms with van der Waals surface area (Å²) in [6.45, 7) is 5.76. The second kappa shape index (κ2) is 7.84. The Morgan fingerprint density at radius 3 is 2.57 bits per heavy atom. The molecule has 118 valence electrons. The highest BCUT2D eigenvalue weighted by Gasteiger charge is 2.21. The molecular formula is C19H32N2. The van der Waals surface area contributed by atoms with Crippen LogP contribution >= 0.6 is 0 Å². The first-order valence-corrected chi connectivity index (χ1v) is 8.55. The van der Waals surface area contributed by atoms with Crippen LogP contribution in [0.25, 0.3) is 0 Å². The maximum Gasteiger partial charge on any atom is 0.0388 e. The summed E-state index contributed by atoms with van der Waals surface area (Å²) in [5.41, 5.74) is 2.74. The molecule has 2 nitrogen and oxygen atoms in total. The summed E-state index contributed by atoms with van der Waals surface area (Å²) >= 11 is 0. The number of rotatable bonds is 5. The van der Waals surface area contributed by atoms with Gasteiger partial charge in [0.1, 0.15) is 0 Å². The van der Waals surface area contributed by atoms with E-state index in [2.05, 4.69) is 62.4 Å². The zero-order valence-corrected chi connectivity index (χ0v) is 14.2. The van der Waals surface area contributed by atoms with Gasteiger partial charge in [-0.25, -0.2) is 0 Å². The standard InChI is InChI=1S/C19H32N2/c1-15(2)16-9-7-10-18(13-12-16)20-19-11-6-5-8-17(19)14-21(3)4/h5-6,8,11,15-16,18,20H,7,9-10,12-14H2,1-4H3. The van der Waals surface area contributed by atoms with Crippen molar-refractivity contribution in [2.75, 3.05) is 19.4 Å². The first kappa shape index (κ1) is 16.4. The number of para-hydroxylation sites is 1. The van der Waals surface area contributed by atoms with Crippen LogP contribution in [0.2, 0.25) is 0 Å². The van der Waals surface area contributed by atoms with Crippen LogP contribution in [0.5, 0.6) is 0 Å². The van der Waals surface area contributed by atoms with E-state index >= 15 is 0 Å². The van der Waals surface area contributed by atoms with Gasteiger partial charge in [0.15, 0.2) is 0 Å². The molecule has 1 aromatic rings. The predicted molar refractivity (Wildman–Crippen MR) is 92.7 cm³/mol. The molecule has 1 aliphatic carbocycles. The van der Waals surface area contributed by atoms with Crippen LogP contribution in [0.15, 0.2) is 24.3 Å². The van der Waals surface area contributed by atoms with E-state index in [-0.39, 0.29) is 0 Å². The van der Waals surface area contributed by atoms with Crippen LogP contribution in [0, 0.1) is 11.8 Å². The second-order valence-corrected chi connectivity index (χ2v) is 7.25. The topological polar surface area (TPSA) is 15.3 Å². The maximum atomic E-state index is 3.83. The molecule has 0 aromatic heterocycles. The van der Waals surface area contributed by atoms with E-state index in [1.54, 1.807) is 0 Å². The molecule has 2 atom stereocenters. The van der Waals surface area contributed by atoms with E-state index in [9.17, 15) is 0 Å². The van der Waals surface area contributed by atoms with Crippen molar-refractivity contribution >= 4 is 5.69 Å². The Morgan fingerprint density at radius 2 is 1.86 bits per heavy atom. The van der Waals surface area contributed by atoms with Crippen molar-refractivity contribution in [1.29, 1.82) is 0 Å². The summed E-state index contributed by atoms with van der Waals surface area (Å²) < 4.78 is 0. The molecule has 0 heterocycles. The van der Waals surface area contributed by atoms with Gasteiger partial charge in [-0.05, 0) is 56.8 Å². The minimum atomic E-state index is 0.650. The Bertz CT molecular complexity index is 425. The van der Waals surface area contributed by atoms with Crippen molar-refractivity contribution in [2.45, 2.75) is 58.5 Å². The van der Waals surface area contributed by atoms with Gasteiger partial charge in [-0.2, -0.15) is 0 Å².